The van der Waals surface area contributed by atoms with Crippen LogP contribution in [0.25, 0.3) is 11.1 Å². The highest BCUT2D eigenvalue weighted by Gasteiger charge is 2.32. The van der Waals surface area contributed by atoms with Gasteiger partial charge in [-0.2, -0.15) is 5.26 Å². The van der Waals surface area contributed by atoms with E-state index in [-0.39, 0.29) is 0 Å². The van der Waals surface area contributed by atoms with E-state index in [1.54, 1.807) is 62.4 Å². The van der Waals surface area contributed by atoms with Gasteiger partial charge in [-0.15, -0.1) is 0 Å². The fourth-order valence-electron chi connectivity index (χ4n) is 2.52. The second kappa shape index (κ2) is 8.16. The molecule has 0 spiro atoms. The molecule has 140 valence electrons. The van der Waals surface area contributed by atoms with Crippen LogP contribution in [0.2, 0.25) is 5.02 Å². The summed E-state index contributed by atoms with van der Waals surface area (Å²) in [5.41, 5.74) is 1.38. The van der Waals surface area contributed by atoms with Gasteiger partial charge in [0.1, 0.15) is 11.5 Å². The predicted octanol–water partition coefficient (Wildman–Crippen LogP) is 5.64. The topological polar surface area (TPSA) is 59.3 Å². The van der Waals surface area contributed by atoms with Crippen LogP contribution in [-0.4, -0.2) is 11.6 Å². The minimum absolute atomic E-state index is 0.426. The third kappa shape index (κ3) is 4.70. The molecule has 0 heterocycles. The van der Waals surface area contributed by atoms with E-state index in [1.165, 1.54) is 0 Å². The van der Waals surface area contributed by atoms with Crippen LogP contribution in [0, 0.1) is 11.3 Å². The van der Waals surface area contributed by atoms with Gasteiger partial charge in [-0.3, -0.25) is 0 Å². The van der Waals surface area contributed by atoms with Gasteiger partial charge < -0.3 is 9.47 Å². The number of carbonyl (C=O) groups is 1. The molecule has 0 N–H and O–H groups in total. The van der Waals surface area contributed by atoms with Crippen LogP contribution in [-0.2, 0) is 4.79 Å². The number of carbonyl (C=O) groups excluding carboxylic acids is 1. The van der Waals surface area contributed by atoms with Gasteiger partial charge in [0.05, 0.1) is 11.6 Å². The molecule has 0 aromatic heterocycles. The van der Waals surface area contributed by atoms with Gasteiger partial charge >= 0.3 is 5.97 Å². The van der Waals surface area contributed by atoms with Crippen LogP contribution in [0.3, 0.4) is 0 Å². The van der Waals surface area contributed by atoms with Crippen molar-refractivity contribution in [3.8, 4) is 28.7 Å². The number of nitrogens with zero attached hydrogens (tertiary/aromatic N) is 1. The monoisotopic (exact) mass is 391 g/mol. The summed E-state index contributed by atoms with van der Waals surface area (Å²) in [6.45, 7) is 3.30. The van der Waals surface area contributed by atoms with E-state index in [9.17, 15) is 4.79 Å². The summed E-state index contributed by atoms with van der Waals surface area (Å²) in [4.78, 5) is 12.5. The first-order valence-corrected chi connectivity index (χ1v) is 9.03. The number of benzene rings is 3. The Hall–Kier alpha value is -3.29. The van der Waals surface area contributed by atoms with Gasteiger partial charge in [0.15, 0.2) is 0 Å². The van der Waals surface area contributed by atoms with Gasteiger partial charge in [-0.1, -0.05) is 35.9 Å². The summed E-state index contributed by atoms with van der Waals surface area (Å²) >= 11 is 5.86. The van der Waals surface area contributed by atoms with E-state index in [2.05, 4.69) is 6.07 Å². The molecular formula is C23H18ClNO3. The minimum Gasteiger partial charge on any atom is -0.476 e. The van der Waals surface area contributed by atoms with Crippen LogP contribution in [0.15, 0.2) is 72.8 Å². The standard InChI is InChI=1S/C23H18ClNO3/c1-23(2,28-21-13-9-19(24)10-14-21)22(26)27-20-11-7-18(8-12-20)17-5-3-16(15-25)4-6-17/h3-14H,1-2H3. The van der Waals surface area contributed by atoms with Crippen molar-refractivity contribution in [2.24, 2.45) is 0 Å². The number of esters is 1. The summed E-state index contributed by atoms with van der Waals surface area (Å²) in [6, 6.07) is 23.3. The lowest BCUT2D eigenvalue weighted by atomic mass is 10.0. The van der Waals surface area contributed by atoms with Crippen molar-refractivity contribution in [2.45, 2.75) is 19.4 Å². The first-order valence-electron chi connectivity index (χ1n) is 8.65. The van der Waals surface area contributed by atoms with Gasteiger partial charge in [-0.05, 0) is 73.5 Å². The molecule has 0 radical (unpaired) electrons. The Morgan fingerprint density at radius 1 is 0.857 bits per heavy atom. The van der Waals surface area contributed by atoms with Gasteiger partial charge in [0.2, 0.25) is 5.60 Å². The molecule has 3 aromatic rings. The molecule has 0 aliphatic carbocycles. The lowest BCUT2D eigenvalue weighted by Crippen LogP contribution is -2.41. The van der Waals surface area contributed by atoms with E-state index in [0.717, 1.165) is 11.1 Å². The summed E-state index contributed by atoms with van der Waals surface area (Å²) in [5.74, 6) is 0.450. The number of nitriles is 1. The zero-order valence-electron chi connectivity index (χ0n) is 15.5. The second-order valence-electron chi connectivity index (χ2n) is 6.67. The van der Waals surface area contributed by atoms with Crippen LogP contribution in [0.4, 0.5) is 0 Å². The van der Waals surface area contributed by atoms with Crippen molar-refractivity contribution in [1.29, 1.82) is 5.26 Å². The predicted molar refractivity (Wildman–Crippen MR) is 108 cm³/mol. The fourth-order valence-corrected chi connectivity index (χ4v) is 2.65. The Kier molecular flexibility index (Phi) is 5.67. The Labute approximate surface area is 168 Å². The van der Waals surface area contributed by atoms with E-state index >= 15 is 0 Å². The van der Waals surface area contributed by atoms with Gasteiger partial charge in [0.25, 0.3) is 0 Å². The van der Waals surface area contributed by atoms with Crippen LogP contribution in [0.5, 0.6) is 11.5 Å². The molecule has 0 unspecified atom stereocenters. The Morgan fingerprint density at radius 3 is 1.89 bits per heavy atom. The summed E-state index contributed by atoms with van der Waals surface area (Å²) in [7, 11) is 0. The molecule has 4 nitrogen and oxygen atoms in total. The highest BCUT2D eigenvalue weighted by Crippen LogP contribution is 2.25. The lowest BCUT2D eigenvalue weighted by molar-refractivity contribution is -0.149. The quantitative estimate of drug-likeness (QED) is 0.417. The molecular weight excluding hydrogens is 374 g/mol. The molecule has 0 fully saturated rings. The molecule has 0 saturated heterocycles. The summed E-state index contributed by atoms with van der Waals surface area (Å²) in [6.07, 6.45) is 0. The number of halogens is 1. The third-order valence-corrected chi connectivity index (χ3v) is 4.34. The van der Waals surface area contributed by atoms with E-state index in [4.69, 9.17) is 26.3 Å². The van der Waals surface area contributed by atoms with Gasteiger partial charge in [-0.25, -0.2) is 4.79 Å². The maximum Gasteiger partial charge on any atom is 0.355 e. The maximum absolute atomic E-state index is 12.5. The zero-order chi connectivity index (χ0) is 20.1. The van der Waals surface area contributed by atoms with E-state index in [1.807, 2.05) is 24.3 Å². The first-order chi connectivity index (χ1) is 13.4. The number of ether oxygens (including phenoxy) is 2. The molecule has 0 atom stereocenters. The van der Waals surface area contributed by atoms with Crippen molar-refractivity contribution in [3.05, 3.63) is 83.4 Å². The normalized spacial score (nSPS) is 10.8. The maximum atomic E-state index is 12.5. The second-order valence-corrected chi connectivity index (χ2v) is 7.11. The molecule has 0 amide bonds. The average molecular weight is 392 g/mol. The zero-order valence-corrected chi connectivity index (χ0v) is 16.2. The van der Waals surface area contributed by atoms with Crippen molar-refractivity contribution >= 4 is 17.6 Å². The SMILES string of the molecule is CC(C)(Oc1ccc(Cl)cc1)C(=O)Oc1ccc(-c2ccc(C#N)cc2)cc1. The fraction of sp³-hybridized carbons (Fsp3) is 0.130. The molecule has 5 heteroatoms. The highest BCUT2D eigenvalue weighted by molar-refractivity contribution is 6.30. The Bertz CT molecular complexity index is 1000. The lowest BCUT2D eigenvalue weighted by Gasteiger charge is -2.24. The number of rotatable bonds is 5. The molecule has 3 rings (SSSR count). The van der Waals surface area contributed by atoms with Crippen LogP contribution < -0.4 is 9.47 Å². The summed E-state index contributed by atoms with van der Waals surface area (Å²) in [5, 5.41) is 9.47. The third-order valence-electron chi connectivity index (χ3n) is 4.09. The highest BCUT2D eigenvalue weighted by atomic mass is 35.5. The average Bonchev–Trinajstić information content (AvgIpc) is 2.70. The molecule has 0 aliphatic rings. The van der Waals surface area contributed by atoms with Crippen molar-refractivity contribution in [2.75, 3.05) is 0 Å². The summed E-state index contributed by atoms with van der Waals surface area (Å²) < 4.78 is 11.2. The van der Waals surface area contributed by atoms with Crippen molar-refractivity contribution < 1.29 is 14.3 Å². The van der Waals surface area contributed by atoms with Crippen LogP contribution in [0.1, 0.15) is 19.4 Å². The van der Waals surface area contributed by atoms with E-state index in [0.29, 0.717) is 22.1 Å². The molecule has 28 heavy (non-hydrogen) atoms. The largest absolute Gasteiger partial charge is 0.476 e. The minimum atomic E-state index is -1.17. The molecule has 0 saturated carbocycles. The smallest absolute Gasteiger partial charge is 0.355 e. The van der Waals surface area contributed by atoms with Gasteiger partial charge in [0, 0.05) is 5.02 Å². The Balaban J connectivity index is 1.67. The number of hydrogen-bond donors (Lipinski definition) is 0. The number of hydrogen-bond acceptors (Lipinski definition) is 4. The first kappa shape index (κ1) is 19.5. The van der Waals surface area contributed by atoms with Crippen molar-refractivity contribution in [1.82, 2.24) is 0 Å². The molecule has 0 bridgehead atoms. The van der Waals surface area contributed by atoms with E-state index < -0.39 is 11.6 Å². The molecule has 3 aromatic carbocycles. The van der Waals surface area contributed by atoms with Crippen molar-refractivity contribution in [3.63, 3.8) is 0 Å². The Morgan fingerprint density at radius 2 is 1.36 bits per heavy atom. The van der Waals surface area contributed by atoms with Crippen LogP contribution >= 0.6 is 11.6 Å². The molecule has 0 aliphatic heterocycles.